The van der Waals surface area contributed by atoms with Crippen molar-refractivity contribution in [3.8, 4) is 0 Å². The van der Waals surface area contributed by atoms with E-state index < -0.39 is 0 Å². The average Bonchev–Trinajstić information content (AvgIpc) is 2.27. The van der Waals surface area contributed by atoms with Crippen molar-refractivity contribution >= 4 is 5.91 Å². The topological polar surface area (TPSA) is 41.6 Å². The van der Waals surface area contributed by atoms with Crippen LogP contribution in [0.5, 0.6) is 0 Å². The molecule has 1 fully saturated rings. The van der Waals surface area contributed by atoms with Gasteiger partial charge in [0.2, 0.25) is 5.91 Å². The van der Waals surface area contributed by atoms with E-state index in [1.807, 2.05) is 4.90 Å². The maximum atomic E-state index is 11.8. The third kappa shape index (κ3) is 3.80. The minimum Gasteiger partial charge on any atom is -0.375 e. The Morgan fingerprint density at radius 1 is 1.60 bits per heavy atom. The Bertz CT molecular complexity index is 191. The molecule has 0 saturated carbocycles. The summed E-state index contributed by atoms with van der Waals surface area (Å²) in [5, 5.41) is 3.34. The second-order valence-corrected chi connectivity index (χ2v) is 4.02. The summed E-state index contributed by atoms with van der Waals surface area (Å²) >= 11 is 0. The van der Waals surface area contributed by atoms with Gasteiger partial charge in [0.1, 0.15) is 6.61 Å². The van der Waals surface area contributed by atoms with Crippen LogP contribution < -0.4 is 5.32 Å². The molecular weight excluding hydrogens is 192 g/mol. The molecule has 1 saturated heterocycles. The molecule has 0 radical (unpaired) electrons. The van der Waals surface area contributed by atoms with Crippen LogP contribution in [-0.2, 0) is 9.53 Å². The van der Waals surface area contributed by atoms with E-state index in [-0.39, 0.29) is 12.5 Å². The van der Waals surface area contributed by atoms with Gasteiger partial charge in [-0.2, -0.15) is 0 Å². The highest BCUT2D eigenvalue weighted by atomic mass is 16.5. The molecule has 0 bridgehead atoms. The zero-order chi connectivity index (χ0) is 11.1. The van der Waals surface area contributed by atoms with Crippen molar-refractivity contribution in [2.24, 2.45) is 0 Å². The van der Waals surface area contributed by atoms with Gasteiger partial charge in [0.05, 0.1) is 0 Å². The van der Waals surface area contributed by atoms with E-state index in [2.05, 4.69) is 12.2 Å². The van der Waals surface area contributed by atoms with Gasteiger partial charge >= 0.3 is 0 Å². The van der Waals surface area contributed by atoms with Gasteiger partial charge in [0, 0.05) is 26.2 Å². The smallest absolute Gasteiger partial charge is 0.248 e. The van der Waals surface area contributed by atoms with Gasteiger partial charge in [0.25, 0.3) is 0 Å². The molecule has 0 aromatic carbocycles. The first kappa shape index (κ1) is 12.5. The second-order valence-electron chi connectivity index (χ2n) is 4.02. The molecule has 1 heterocycles. The average molecular weight is 214 g/mol. The number of nitrogens with zero attached hydrogens (tertiary/aromatic N) is 1. The van der Waals surface area contributed by atoms with E-state index in [0.717, 1.165) is 38.9 Å². The summed E-state index contributed by atoms with van der Waals surface area (Å²) in [6.45, 7) is 5.15. The number of piperidine rings is 1. The lowest BCUT2D eigenvalue weighted by atomic mass is 10.1. The predicted molar refractivity (Wildman–Crippen MR) is 59.8 cm³/mol. The number of rotatable bonds is 5. The fourth-order valence-electron chi connectivity index (χ4n) is 2.06. The molecule has 4 heteroatoms. The van der Waals surface area contributed by atoms with Crippen molar-refractivity contribution in [3.05, 3.63) is 0 Å². The maximum Gasteiger partial charge on any atom is 0.248 e. The predicted octanol–water partition coefficient (Wildman–Crippen LogP) is 0.623. The van der Waals surface area contributed by atoms with Gasteiger partial charge in [-0.15, -0.1) is 0 Å². The molecule has 1 N–H and O–H groups in total. The summed E-state index contributed by atoms with van der Waals surface area (Å²) in [5.74, 6) is 0.119. The first-order valence-corrected chi connectivity index (χ1v) is 5.78. The Morgan fingerprint density at radius 2 is 2.40 bits per heavy atom. The first-order valence-electron chi connectivity index (χ1n) is 5.78. The van der Waals surface area contributed by atoms with Gasteiger partial charge in [0.15, 0.2) is 0 Å². The zero-order valence-corrected chi connectivity index (χ0v) is 9.79. The van der Waals surface area contributed by atoms with Crippen LogP contribution in [0, 0.1) is 0 Å². The number of hydrogen-bond acceptors (Lipinski definition) is 3. The number of amides is 1. The minimum atomic E-state index is 0.119. The Hall–Kier alpha value is -0.610. The first-order chi connectivity index (χ1) is 7.29. The van der Waals surface area contributed by atoms with E-state index in [0.29, 0.717) is 6.04 Å². The largest absolute Gasteiger partial charge is 0.375 e. The van der Waals surface area contributed by atoms with Crippen LogP contribution in [0.2, 0.25) is 0 Å². The van der Waals surface area contributed by atoms with Crippen molar-refractivity contribution in [1.29, 1.82) is 0 Å². The fraction of sp³-hybridized carbons (Fsp3) is 0.909. The van der Waals surface area contributed by atoms with Crippen molar-refractivity contribution in [2.45, 2.75) is 32.2 Å². The van der Waals surface area contributed by atoms with Crippen LogP contribution in [0.15, 0.2) is 0 Å². The highest BCUT2D eigenvalue weighted by Gasteiger charge is 2.24. The molecular formula is C11H22N2O2. The monoisotopic (exact) mass is 214 g/mol. The highest BCUT2D eigenvalue weighted by molar-refractivity contribution is 5.77. The summed E-state index contributed by atoms with van der Waals surface area (Å²) in [5.41, 5.74) is 0. The van der Waals surface area contributed by atoms with Gasteiger partial charge in [-0.1, -0.05) is 6.92 Å². The molecule has 15 heavy (non-hydrogen) atoms. The van der Waals surface area contributed by atoms with Crippen molar-refractivity contribution in [3.63, 3.8) is 0 Å². The van der Waals surface area contributed by atoms with Crippen molar-refractivity contribution in [1.82, 2.24) is 10.2 Å². The molecule has 0 aliphatic carbocycles. The number of hydrogen-bond donors (Lipinski definition) is 1. The normalized spacial score (nSPS) is 21.3. The molecule has 1 aliphatic rings. The Kier molecular flexibility index (Phi) is 5.65. The van der Waals surface area contributed by atoms with Crippen LogP contribution >= 0.6 is 0 Å². The van der Waals surface area contributed by atoms with Crippen molar-refractivity contribution < 1.29 is 9.53 Å². The third-order valence-electron chi connectivity index (χ3n) is 2.76. The number of carbonyl (C=O) groups excluding carboxylic acids is 1. The minimum absolute atomic E-state index is 0.119. The highest BCUT2D eigenvalue weighted by Crippen LogP contribution is 2.11. The lowest BCUT2D eigenvalue weighted by Gasteiger charge is -2.34. The number of nitrogens with one attached hydrogen (secondary N) is 1. The molecule has 1 atom stereocenters. The summed E-state index contributed by atoms with van der Waals surface area (Å²) in [6.07, 6.45) is 3.28. The number of ether oxygens (including phenoxy) is 1. The molecule has 1 unspecified atom stereocenters. The van der Waals surface area contributed by atoms with Crippen LogP contribution in [0.25, 0.3) is 0 Å². The summed E-state index contributed by atoms with van der Waals surface area (Å²) in [4.78, 5) is 13.8. The number of carbonyl (C=O) groups is 1. The lowest BCUT2D eigenvalue weighted by molar-refractivity contribution is -0.137. The summed E-state index contributed by atoms with van der Waals surface area (Å²) in [7, 11) is 1.57. The zero-order valence-electron chi connectivity index (χ0n) is 9.79. The fourth-order valence-corrected chi connectivity index (χ4v) is 2.06. The summed E-state index contributed by atoms with van der Waals surface area (Å²) < 4.78 is 4.91. The SMILES string of the molecule is CCCN(C(=O)COC)C1CCCNC1. The Labute approximate surface area is 92.0 Å². The van der Waals surface area contributed by atoms with E-state index in [4.69, 9.17) is 4.74 Å². The van der Waals surface area contributed by atoms with Crippen LogP contribution in [0.4, 0.5) is 0 Å². The molecule has 0 spiro atoms. The molecule has 88 valence electrons. The van der Waals surface area contributed by atoms with Crippen molar-refractivity contribution in [2.75, 3.05) is 33.4 Å². The standard InChI is InChI=1S/C11H22N2O2/c1-3-7-13(11(14)9-15-2)10-5-4-6-12-8-10/h10,12H,3-9H2,1-2H3. The van der Waals surface area contributed by atoms with Crippen LogP contribution in [0.3, 0.4) is 0 Å². The third-order valence-corrected chi connectivity index (χ3v) is 2.76. The quantitative estimate of drug-likeness (QED) is 0.729. The lowest BCUT2D eigenvalue weighted by Crippen LogP contribution is -2.50. The molecule has 0 aromatic heterocycles. The van der Waals surface area contributed by atoms with Gasteiger partial charge in [-0.3, -0.25) is 4.79 Å². The van der Waals surface area contributed by atoms with Crippen LogP contribution in [0.1, 0.15) is 26.2 Å². The number of methoxy groups -OCH3 is 1. The molecule has 1 rings (SSSR count). The van der Waals surface area contributed by atoms with E-state index in [1.165, 1.54) is 0 Å². The van der Waals surface area contributed by atoms with E-state index in [1.54, 1.807) is 7.11 Å². The van der Waals surface area contributed by atoms with Gasteiger partial charge in [-0.25, -0.2) is 0 Å². The van der Waals surface area contributed by atoms with E-state index in [9.17, 15) is 4.79 Å². The summed E-state index contributed by atoms with van der Waals surface area (Å²) in [6, 6.07) is 0.362. The Morgan fingerprint density at radius 3 is 2.93 bits per heavy atom. The molecule has 0 aromatic rings. The second kappa shape index (κ2) is 6.80. The van der Waals surface area contributed by atoms with Gasteiger partial charge in [-0.05, 0) is 25.8 Å². The van der Waals surface area contributed by atoms with E-state index >= 15 is 0 Å². The Balaban J connectivity index is 2.50. The molecule has 1 aliphatic heterocycles. The van der Waals surface area contributed by atoms with Gasteiger partial charge < -0.3 is 15.0 Å². The molecule has 1 amide bonds. The van der Waals surface area contributed by atoms with Crippen LogP contribution in [-0.4, -0.2) is 50.2 Å². The molecule has 4 nitrogen and oxygen atoms in total. The maximum absolute atomic E-state index is 11.8.